The lowest BCUT2D eigenvalue weighted by Crippen LogP contribution is -2.09. The van der Waals surface area contributed by atoms with E-state index >= 15 is 0 Å². The molecule has 0 bridgehead atoms. The van der Waals surface area contributed by atoms with Crippen molar-refractivity contribution in [1.29, 1.82) is 0 Å². The largest absolute Gasteiger partial charge is 0.309 e. The minimum absolute atomic E-state index is 0.534. The molecule has 4 heterocycles. The fraction of sp³-hybridized carbons (Fsp3) is 0. The molecular formula is C63H40N6. The monoisotopic (exact) mass is 880 g/mol. The van der Waals surface area contributed by atoms with E-state index in [9.17, 15) is 0 Å². The first kappa shape index (κ1) is 38.8. The van der Waals surface area contributed by atoms with E-state index in [0.29, 0.717) is 17.6 Å². The SMILES string of the molecule is c1ccc(-c2ccc3c4ccccc4n(-c4nc(-c5ccccc5-n5c6ccccc6c6ccccc65)nc(-c5ccccc5-n5c6ccccc6c6ccc(-c7ccccc7)cc65)n4)c3c2)cc1. The van der Waals surface area contributed by atoms with Crippen molar-refractivity contribution >= 4 is 65.4 Å². The van der Waals surface area contributed by atoms with Crippen LogP contribution in [-0.4, -0.2) is 28.7 Å². The summed E-state index contributed by atoms with van der Waals surface area (Å²) in [6.07, 6.45) is 0. The van der Waals surface area contributed by atoms with Crippen LogP contribution in [0, 0.1) is 0 Å². The van der Waals surface area contributed by atoms with E-state index in [2.05, 4.69) is 256 Å². The van der Waals surface area contributed by atoms with Crippen molar-refractivity contribution in [2.75, 3.05) is 0 Å². The molecule has 4 aromatic heterocycles. The van der Waals surface area contributed by atoms with Crippen LogP contribution in [-0.2, 0) is 0 Å². The van der Waals surface area contributed by atoms with Crippen molar-refractivity contribution < 1.29 is 0 Å². The van der Waals surface area contributed by atoms with Crippen LogP contribution in [0.2, 0.25) is 0 Å². The first-order valence-corrected chi connectivity index (χ1v) is 23.4. The molecule has 0 saturated heterocycles. The van der Waals surface area contributed by atoms with Gasteiger partial charge in [0.25, 0.3) is 0 Å². The minimum atomic E-state index is 0.534. The third-order valence-corrected chi connectivity index (χ3v) is 13.7. The topological polar surface area (TPSA) is 53.5 Å². The van der Waals surface area contributed by atoms with Gasteiger partial charge in [-0.1, -0.05) is 182 Å². The van der Waals surface area contributed by atoms with Crippen LogP contribution < -0.4 is 0 Å². The van der Waals surface area contributed by atoms with Gasteiger partial charge in [-0.3, -0.25) is 4.57 Å². The summed E-state index contributed by atoms with van der Waals surface area (Å²) in [5.74, 6) is 1.67. The molecule has 0 spiro atoms. The molecule has 0 radical (unpaired) electrons. The van der Waals surface area contributed by atoms with Crippen molar-refractivity contribution in [2.45, 2.75) is 0 Å². The van der Waals surface area contributed by atoms with E-state index in [-0.39, 0.29) is 0 Å². The molecule has 10 aromatic carbocycles. The van der Waals surface area contributed by atoms with E-state index in [1.165, 1.54) is 27.1 Å². The van der Waals surface area contributed by atoms with Crippen LogP contribution in [0.5, 0.6) is 0 Å². The van der Waals surface area contributed by atoms with Crippen LogP contribution in [0.25, 0.3) is 128 Å². The van der Waals surface area contributed by atoms with Gasteiger partial charge in [-0.2, -0.15) is 9.97 Å². The smallest absolute Gasteiger partial charge is 0.238 e. The second kappa shape index (κ2) is 15.6. The summed E-state index contributed by atoms with van der Waals surface area (Å²) in [5.41, 5.74) is 14.8. The van der Waals surface area contributed by atoms with Gasteiger partial charge in [0.05, 0.1) is 44.5 Å². The number of nitrogens with zero attached hydrogens (tertiary/aromatic N) is 6. The minimum Gasteiger partial charge on any atom is -0.309 e. The van der Waals surface area contributed by atoms with Crippen LogP contribution in [0.4, 0.5) is 0 Å². The van der Waals surface area contributed by atoms with Gasteiger partial charge in [0, 0.05) is 43.4 Å². The third-order valence-electron chi connectivity index (χ3n) is 13.7. The summed E-state index contributed by atoms with van der Waals surface area (Å²) in [6.45, 7) is 0. The van der Waals surface area contributed by atoms with Gasteiger partial charge in [-0.15, -0.1) is 0 Å². The summed E-state index contributed by atoms with van der Waals surface area (Å²) in [6, 6.07) is 86.2. The number of rotatable bonds is 7. The summed E-state index contributed by atoms with van der Waals surface area (Å²) in [7, 11) is 0. The highest BCUT2D eigenvalue weighted by Crippen LogP contribution is 2.41. The maximum Gasteiger partial charge on any atom is 0.238 e. The molecule has 0 aliphatic carbocycles. The maximum absolute atomic E-state index is 5.58. The normalized spacial score (nSPS) is 11.8. The van der Waals surface area contributed by atoms with Crippen molar-refractivity contribution in [3.05, 3.63) is 243 Å². The van der Waals surface area contributed by atoms with Crippen LogP contribution >= 0.6 is 0 Å². The number of hydrogen-bond acceptors (Lipinski definition) is 3. The fourth-order valence-corrected chi connectivity index (χ4v) is 10.6. The fourth-order valence-electron chi connectivity index (χ4n) is 10.6. The Morgan fingerprint density at radius 2 is 0.565 bits per heavy atom. The molecule has 14 rings (SSSR count). The van der Waals surface area contributed by atoms with Gasteiger partial charge >= 0.3 is 0 Å². The van der Waals surface area contributed by atoms with Gasteiger partial charge in [-0.05, 0) is 82.9 Å². The summed E-state index contributed by atoms with van der Waals surface area (Å²) in [5, 5.41) is 6.99. The molecule has 6 nitrogen and oxygen atoms in total. The molecule has 322 valence electrons. The molecule has 0 aliphatic rings. The van der Waals surface area contributed by atoms with E-state index in [0.717, 1.165) is 83.1 Å². The lowest BCUT2D eigenvalue weighted by Gasteiger charge is -2.17. The average molecular weight is 881 g/mol. The Balaban J connectivity index is 1.07. The number of benzene rings is 10. The van der Waals surface area contributed by atoms with Gasteiger partial charge in [0.2, 0.25) is 5.95 Å². The van der Waals surface area contributed by atoms with E-state index in [1.54, 1.807) is 0 Å². The Labute approximate surface area is 397 Å². The molecule has 6 heteroatoms. The predicted octanol–water partition coefficient (Wildman–Crippen LogP) is 15.8. The second-order valence-electron chi connectivity index (χ2n) is 17.6. The third kappa shape index (κ3) is 6.16. The molecule has 0 N–H and O–H groups in total. The van der Waals surface area contributed by atoms with Crippen molar-refractivity contribution in [2.24, 2.45) is 0 Å². The molecule has 0 aliphatic heterocycles. The highest BCUT2D eigenvalue weighted by atomic mass is 15.2. The number of fused-ring (bicyclic) bond motifs is 9. The molecule has 0 amide bonds. The molecule has 0 saturated carbocycles. The molecule has 14 aromatic rings. The quantitative estimate of drug-likeness (QED) is 0.160. The summed E-state index contributed by atoms with van der Waals surface area (Å²) >= 11 is 0. The number of hydrogen-bond donors (Lipinski definition) is 0. The maximum atomic E-state index is 5.58. The number of aromatic nitrogens is 6. The Bertz CT molecular complexity index is 4260. The van der Waals surface area contributed by atoms with Crippen molar-refractivity contribution in [3.63, 3.8) is 0 Å². The molecule has 0 fully saturated rings. The Morgan fingerprint density at radius 3 is 1.01 bits per heavy atom. The van der Waals surface area contributed by atoms with Crippen LogP contribution in [0.15, 0.2) is 243 Å². The zero-order valence-corrected chi connectivity index (χ0v) is 37.3. The zero-order valence-electron chi connectivity index (χ0n) is 37.3. The first-order valence-electron chi connectivity index (χ1n) is 23.4. The lowest BCUT2D eigenvalue weighted by atomic mass is 10.0. The Kier molecular flexibility index (Phi) is 8.79. The van der Waals surface area contributed by atoms with Crippen molar-refractivity contribution in [3.8, 4) is 62.4 Å². The standard InChI is InChI=1S/C63H40N6/c1-3-19-41(20-4-1)43-35-37-49-47-25-9-15-31-55(47)68(59(49)39-43)58-34-18-12-28-52(58)62-64-61(51-27-11-17-33-57(51)67-53-29-13-7-23-45(53)46-24-8-14-30-54(46)67)65-63(66-62)69-56-32-16-10-26-48(56)50-38-36-44(40-60(50)69)42-21-5-2-6-22-42/h1-40H. The average Bonchev–Trinajstić information content (AvgIpc) is 4.06. The van der Waals surface area contributed by atoms with Crippen LogP contribution in [0.1, 0.15) is 0 Å². The molecule has 69 heavy (non-hydrogen) atoms. The first-order chi connectivity index (χ1) is 34.2. The zero-order chi connectivity index (χ0) is 45.4. The predicted molar refractivity (Wildman–Crippen MR) is 285 cm³/mol. The Hall–Kier alpha value is -9.39. The van der Waals surface area contributed by atoms with Gasteiger partial charge in [0.1, 0.15) is 0 Å². The van der Waals surface area contributed by atoms with E-state index < -0.39 is 0 Å². The van der Waals surface area contributed by atoms with Gasteiger partial charge in [-0.25, -0.2) is 4.98 Å². The van der Waals surface area contributed by atoms with E-state index in [4.69, 9.17) is 15.0 Å². The van der Waals surface area contributed by atoms with Gasteiger partial charge in [0.15, 0.2) is 11.6 Å². The van der Waals surface area contributed by atoms with Crippen LogP contribution in [0.3, 0.4) is 0 Å². The highest BCUT2D eigenvalue weighted by molar-refractivity contribution is 6.12. The molecule has 0 atom stereocenters. The van der Waals surface area contributed by atoms with Gasteiger partial charge < -0.3 is 9.13 Å². The van der Waals surface area contributed by atoms with E-state index in [1.807, 2.05) is 0 Å². The van der Waals surface area contributed by atoms with Crippen molar-refractivity contribution in [1.82, 2.24) is 28.7 Å². The number of para-hydroxylation sites is 6. The summed E-state index contributed by atoms with van der Waals surface area (Å²) in [4.78, 5) is 16.7. The lowest BCUT2D eigenvalue weighted by molar-refractivity contribution is 0.950. The Morgan fingerprint density at radius 1 is 0.232 bits per heavy atom. The second-order valence-corrected chi connectivity index (χ2v) is 17.6. The molecular weight excluding hydrogens is 841 g/mol. The summed E-state index contributed by atoms with van der Waals surface area (Å²) < 4.78 is 6.96. The highest BCUT2D eigenvalue weighted by Gasteiger charge is 2.24. The molecule has 0 unspecified atom stereocenters.